The van der Waals surface area contributed by atoms with Crippen molar-refractivity contribution in [2.24, 2.45) is 5.73 Å². The maximum Gasteiger partial charge on any atom is 0.0373 e. The maximum absolute atomic E-state index is 5.75. The summed E-state index contributed by atoms with van der Waals surface area (Å²) in [4.78, 5) is 0. The van der Waals surface area contributed by atoms with E-state index in [9.17, 15) is 0 Å². The van der Waals surface area contributed by atoms with Gasteiger partial charge in [0.1, 0.15) is 0 Å². The molecule has 2 heteroatoms. The van der Waals surface area contributed by atoms with Gasteiger partial charge in [-0.3, -0.25) is 0 Å². The minimum atomic E-state index is 0.178. The SMILES string of the molecule is Cc1ccc(C(C)(C)C)cc1NCC(C)N. The van der Waals surface area contributed by atoms with E-state index in [2.05, 4.69) is 51.2 Å². The summed E-state index contributed by atoms with van der Waals surface area (Å²) in [5.41, 5.74) is 9.77. The van der Waals surface area contributed by atoms with Gasteiger partial charge in [-0.05, 0) is 36.5 Å². The average Bonchev–Trinajstić information content (AvgIpc) is 2.14. The van der Waals surface area contributed by atoms with Gasteiger partial charge in [-0.2, -0.15) is 0 Å². The van der Waals surface area contributed by atoms with Gasteiger partial charge in [0.25, 0.3) is 0 Å². The summed E-state index contributed by atoms with van der Waals surface area (Å²) < 4.78 is 0. The number of nitrogens with one attached hydrogen (secondary N) is 1. The first kappa shape index (κ1) is 13.0. The lowest BCUT2D eigenvalue weighted by molar-refractivity contribution is 0.590. The molecule has 1 unspecified atom stereocenters. The van der Waals surface area contributed by atoms with Gasteiger partial charge in [-0.25, -0.2) is 0 Å². The Kier molecular flexibility index (Phi) is 3.98. The molecule has 0 spiro atoms. The highest BCUT2D eigenvalue weighted by atomic mass is 14.9. The Bertz CT molecular complexity index is 348. The lowest BCUT2D eigenvalue weighted by Gasteiger charge is -2.21. The lowest BCUT2D eigenvalue weighted by Crippen LogP contribution is -2.25. The van der Waals surface area contributed by atoms with E-state index in [1.807, 2.05) is 6.92 Å². The topological polar surface area (TPSA) is 38.0 Å². The molecular formula is C14H24N2. The number of benzene rings is 1. The average molecular weight is 220 g/mol. The van der Waals surface area contributed by atoms with Crippen LogP contribution in [0.4, 0.5) is 5.69 Å². The van der Waals surface area contributed by atoms with Gasteiger partial charge in [0, 0.05) is 18.3 Å². The molecule has 1 rings (SSSR count). The molecule has 1 aromatic rings. The number of rotatable bonds is 3. The molecule has 90 valence electrons. The zero-order valence-electron chi connectivity index (χ0n) is 11.1. The third-order valence-corrected chi connectivity index (χ3v) is 2.72. The van der Waals surface area contributed by atoms with Crippen LogP contribution >= 0.6 is 0 Å². The molecule has 3 N–H and O–H groups in total. The van der Waals surface area contributed by atoms with Crippen LogP contribution in [0.25, 0.3) is 0 Å². The maximum atomic E-state index is 5.75. The zero-order valence-corrected chi connectivity index (χ0v) is 11.1. The first-order chi connectivity index (χ1) is 7.30. The van der Waals surface area contributed by atoms with Crippen LogP contribution in [-0.4, -0.2) is 12.6 Å². The van der Waals surface area contributed by atoms with E-state index in [1.165, 1.54) is 16.8 Å². The number of hydrogen-bond donors (Lipinski definition) is 2. The van der Waals surface area contributed by atoms with Gasteiger partial charge in [-0.15, -0.1) is 0 Å². The molecule has 0 aliphatic heterocycles. The molecule has 0 amide bonds. The molecule has 0 saturated carbocycles. The standard InChI is InChI=1S/C14H24N2/c1-10-6-7-12(14(3,4)5)8-13(10)16-9-11(2)15/h6-8,11,16H,9,15H2,1-5H3. The molecular weight excluding hydrogens is 196 g/mol. The number of hydrogen-bond acceptors (Lipinski definition) is 2. The van der Waals surface area contributed by atoms with Crippen LogP contribution in [-0.2, 0) is 5.41 Å². The first-order valence-corrected chi connectivity index (χ1v) is 5.91. The van der Waals surface area contributed by atoms with Crippen LogP contribution in [0.15, 0.2) is 18.2 Å². The summed E-state index contributed by atoms with van der Waals surface area (Å²) >= 11 is 0. The van der Waals surface area contributed by atoms with Gasteiger partial charge in [-0.1, -0.05) is 32.9 Å². The quantitative estimate of drug-likeness (QED) is 0.821. The van der Waals surface area contributed by atoms with Crippen molar-refractivity contribution in [3.63, 3.8) is 0 Å². The fourth-order valence-electron chi connectivity index (χ4n) is 1.55. The van der Waals surface area contributed by atoms with Crippen molar-refractivity contribution in [3.05, 3.63) is 29.3 Å². The van der Waals surface area contributed by atoms with E-state index in [1.54, 1.807) is 0 Å². The highest BCUT2D eigenvalue weighted by Gasteiger charge is 2.14. The Morgan fingerprint density at radius 3 is 2.44 bits per heavy atom. The summed E-state index contributed by atoms with van der Waals surface area (Å²) in [5.74, 6) is 0. The summed E-state index contributed by atoms with van der Waals surface area (Å²) in [7, 11) is 0. The predicted molar refractivity (Wildman–Crippen MR) is 72.0 cm³/mol. The van der Waals surface area contributed by atoms with E-state index in [0.717, 1.165) is 6.54 Å². The minimum Gasteiger partial charge on any atom is -0.383 e. The van der Waals surface area contributed by atoms with Crippen molar-refractivity contribution in [3.8, 4) is 0 Å². The second-order valence-electron chi connectivity index (χ2n) is 5.64. The number of anilines is 1. The van der Waals surface area contributed by atoms with E-state index in [-0.39, 0.29) is 11.5 Å². The van der Waals surface area contributed by atoms with Crippen LogP contribution in [0.2, 0.25) is 0 Å². The van der Waals surface area contributed by atoms with Crippen molar-refractivity contribution < 1.29 is 0 Å². The third kappa shape index (κ3) is 3.53. The number of aryl methyl sites for hydroxylation is 1. The van der Waals surface area contributed by atoms with Gasteiger partial charge >= 0.3 is 0 Å². The Balaban J connectivity index is 2.91. The van der Waals surface area contributed by atoms with E-state index in [4.69, 9.17) is 5.73 Å². The normalized spacial score (nSPS) is 13.6. The van der Waals surface area contributed by atoms with Crippen molar-refractivity contribution in [2.45, 2.75) is 46.1 Å². The fraction of sp³-hybridized carbons (Fsp3) is 0.571. The van der Waals surface area contributed by atoms with Crippen LogP contribution in [0.3, 0.4) is 0 Å². The second-order valence-corrected chi connectivity index (χ2v) is 5.64. The van der Waals surface area contributed by atoms with Gasteiger partial charge in [0.05, 0.1) is 0 Å². The fourth-order valence-corrected chi connectivity index (χ4v) is 1.55. The molecule has 1 atom stereocenters. The molecule has 0 aromatic heterocycles. The summed E-state index contributed by atoms with van der Waals surface area (Å²) in [6.07, 6.45) is 0. The molecule has 2 nitrogen and oxygen atoms in total. The largest absolute Gasteiger partial charge is 0.383 e. The van der Waals surface area contributed by atoms with Crippen LogP contribution in [0, 0.1) is 6.92 Å². The number of nitrogens with two attached hydrogens (primary N) is 1. The summed E-state index contributed by atoms with van der Waals surface area (Å²) in [5, 5.41) is 3.40. The monoisotopic (exact) mass is 220 g/mol. The molecule has 0 aliphatic rings. The minimum absolute atomic E-state index is 0.178. The van der Waals surface area contributed by atoms with Crippen molar-refractivity contribution in [1.82, 2.24) is 0 Å². The summed E-state index contributed by atoms with van der Waals surface area (Å²) in [6, 6.07) is 6.78. The Morgan fingerprint density at radius 1 is 1.31 bits per heavy atom. The van der Waals surface area contributed by atoms with Crippen molar-refractivity contribution >= 4 is 5.69 Å². The molecule has 0 bridgehead atoms. The molecule has 0 fully saturated rings. The van der Waals surface area contributed by atoms with Gasteiger partial charge < -0.3 is 11.1 Å². The zero-order chi connectivity index (χ0) is 12.3. The predicted octanol–water partition coefficient (Wildman–Crippen LogP) is 3.05. The van der Waals surface area contributed by atoms with Crippen LogP contribution in [0.5, 0.6) is 0 Å². The molecule has 0 heterocycles. The van der Waals surface area contributed by atoms with E-state index >= 15 is 0 Å². The molecule has 0 aliphatic carbocycles. The molecule has 0 saturated heterocycles. The lowest BCUT2D eigenvalue weighted by atomic mass is 9.86. The highest BCUT2D eigenvalue weighted by molar-refractivity contribution is 5.53. The van der Waals surface area contributed by atoms with Gasteiger partial charge in [0.2, 0.25) is 0 Å². The Morgan fingerprint density at radius 2 is 1.94 bits per heavy atom. The smallest absolute Gasteiger partial charge is 0.0373 e. The Labute approximate surface area is 99.2 Å². The second kappa shape index (κ2) is 4.88. The molecule has 0 radical (unpaired) electrons. The van der Waals surface area contributed by atoms with E-state index < -0.39 is 0 Å². The molecule has 16 heavy (non-hydrogen) atoms. The van der Waals surface area contributed by atoms with Crippen LogP contribution < -0.4 is 11.1 Å². The van der Waals surface area contributed by atoms with Gasteiger partial charge in [0.15, 0.2) is 0 Å². The first-order valence-electron chi connectivity index (χ1n) is 5.91. The highest BCUT2D eigenvalue weighted by Crippen LogP contribution is 2.26. The van der Waals surface area contributed by atoms with E-state index in [0.29, 0.717) is 0 Å². The summed E-state index contributed by atoms with van der Waals surface area (Å²) in [6.45, 7) is 11.6. The third-order valence-electron chi connectivity index (χ3n) is 2.72. The molecule has 1 aromatic carbocycles. The Hall–Kier alpha value is -1.02. The van der Waals surface area contributed by atoms with Crippen molar-refractivity contribution in [2.75, 3.05) is 11.9 Å². The van der Waals surface area contributed by atoms with Crippen LogP contribution in [0.1, 0.15) is 38.8 Å². The van der Waals surface area contributed by atoms with Crippen molar-refractivity contribution in [1.29, 1.82) is 0 Å².